The molecule has 2 atom stereocenters. The smallest absolute Gasteiger partial charge is 0.307 e. The largest absolute Gasteiger partial charge is 0.481 e. The van der Waals surface area contributed by atoms with Crippen molar-refractivity contribution in [1.82, 2.24) is 0 Å². The zero-order valence-corrected chi connectivity index (χ0v) is 11.3. The monoisotopic (exact) mass is 290 g/mol. The van der Waals surface area contributed by atoms with E-state index in [0.717, 1.165) is 0 Å². The predicted octanol–water partition coefficient (Wildman–Crippen LogP) is 0.579. The van der Waals surface area contributed by atoms with E-state index in [1.807, 2.05) is 0 Å². The number of hydrogen-bond acceptors (Lipinski definition) is 6. The lowest BCUT2D eigenvalue weighted by Crippen LogP contribution is -2.21. The molecule has 2 N–H and O–H groups in total. The van der Waals surface area contributed by atoms with Gasteiger partial charge in [0.1, 0.15) is 12.2 Å². The third-order valence-corrected chi connectivity index (χ3v) is 2.12. The Morgan fingerprint density at radius 2 is 1.10 bits per heavy atom. The predicted molar refractivity (Wildman–Crippen MR) is 64.8 cm³/mol. The van der Waals surface area contributed by atoms with Gasteiger partial charge in [-0.1, -0.05) is 0 Å². The molecular formula is C12H18O8. The molecule has 2 unspecified atom stereocenters. The van der Waals surface area contributed by atoms with Gasteiger partial charge in [-0.3, -0.25) is 19.2 Å². The van der Waals surface area contributed by atoms with Crippen LogP contribution in [0.1, 0.15) is 39.5 Å². The number of hydrogen-bond donors (Lipinski definition) is 2. The van der Waals surface area contributed by atoms with Crippen molar-refractivity contribution in [2.45, 2.75) is 51.7 Å². The van der Waals surface area contributed by atoms with Crippen LogP contribution in [0.25, 0.3) is 0 Å². The molecule has 0 aliphatic rings. The van der Waals surface area contributed by atoms with E-state index in [-0.39, 0.29) is 25.7 Å². The van der Waals surface area contributed by atoms with Crippen molar-refractivity contribution in [3.05, 3.63) is 0 Å². The molecule has 0 aromatic heterocycles. The second kappa shape index (κ2) is 8.89. The third-order valence-electron chi connectivity index (χ3n) is 2.12. The van der Waals surface area contributed by atoms with Crippen LogP contribution in [0.3, 0.4) is 0 Å². The molecule has 0 aliphatic heterocycles. The Kier molecular flexibility index (Phi) is 7.95. The minimum atomic E-state index is -1.09. The molecule has 20 heavy (non-hydrogen) atoms. The maximum Gasteiger partial charge on any atom is 0.307 e. The number of esters is 2. The Balaban J connectivity index is 3.91. The molecule has 0 saturated carbocycles. The number of ether oxygens (including phenoxy) is 2. The maximum absolute atomic E-state index is 11.3. The highest BCUT2D eigenvalue weighted by atomic mass is 16.6. The van der Waals surface area contributed by atoms with Crippen LogP contribution >= 0.6 is 0 Å². The molecule has 0 heterocycles. The van der Waals surface area contributed by atoms with Gasteiger partial charge in [-0.25, -0.2) is 0 Å². The lowest BCUT2D eigenvalue weighted by Gasteiger charge is -2.12. The fraction of sp³-hybridized carbons (Fsp3) is 0.667. The van der Waals surface area contributed by atoms with E-state index in [0.29, 0.717) is 0 Å². The van der Waals surface area contributed by atoms with Crippen LogP contribution in [0.2, 0.25) is 0 Å². The van der Waals surface area contributed by atoms with E-state index in [2.05, 4.69) is 0 Å². The molecule has 0 amide bonds. The van der Waals surface area contributed by atoms with E-state index < -0.39 is 36.1 Å². The van der Waals surface area contributed by atoms with Gasteiger partial charge in [-0.15, -0.1) is 0 Å². The average molecular weight is 290 g/mol. The fourth-order valence-electron chi connectivity index (χ4n) is 1.35. The van der Waals surface area contributed by atoms with Gasteiger partial charge >= 0.3 is 23.9 Å². The van der Waals surface area contributed by atoms with E-state index in [9.17, 15) is 19.2 Å². The highest BCUT2D eigenvalue weighted by Gasteiger charge is 2.17. The van der Waals surface area contributed by atoms with Gasteiger partial charge in [0.25, 0.3) is 0 Å². The minimum Gasteiger partial charge on any atom is -0.481 e. The van der Waals surface area contributed by atoms with Crippen LogP contribution in [0.5, 0.6) is 0 Å². The Bertz CT molecular complexity index is 340. The van der Waals surface area contributed by atoms with Crippen LogP contribution in [-0.2, 0) is 28.7 Å². The summed E-state index contributed by atoms with van der Waals surface area (Å²) in [6.07, 6.45) is -2.67. The van der Waals surface area contributed by atoms with Crippen LogP contribution < -0.4 is 0 Å². The molecule has 0 bridgehead atoms. The topological polar surface area (TPSA) is 127 Å². The van der Waals surface area contributed by atoms with Gasteiger partial charge in [-0.05, 0) is 13.8 Å². The first-order valence-corrected chi connectivity index (χ1v) is 6.03. The first kappa shape index (κ1) is 17.9. The second-order valence-electron chi connectivity index (χ2n) is 4.30. The minimum absolute atomic E-state index is 0.247. The molecule has 0 fully saturated rings. The van der Waals surface area contributed by atoms with Crippen molar-refractivity contribution in [2.24, 2.45) is 0 Å². The Morgan fingerprint density at radius 1 is 0.800 bits per heavy atom. The highest BCUT2D eigenvalue weighted by molar-refractivity contribution is 5.78. The van der Waals surface area contributed by atoms with Crippen molar-refractivity contribution < 1.29 is 38.9 Å². The zero-order valence-electron chi connectivity index (χ0n) is 11.3. The average Bonchev–Trinajstić information content (AvgIpc) is 2.23. The van der Waals surface area contributed by atoms with E-state index in [1.165, 1.54) is 13.8 Å². The van der Waals surface area contributed by atoms with Crippen molar-refractivity contribution in [3.8, 4) is 0 Å². The lowest BCUT2D eigenvalue weighted by atomic mass is 10.2. The van der Waals surface area contributed by atoms with Crippen LogP contribution in [0.4, 0.5) is 0 Å². The lowest BCUT2D eigenvalue weighted by molar-refractivity contribution is -0.158. The third kappa shape index (κ3) is 9.86. The molecule has 0 aromatic rings. The van der Waals surface area contributed by atoms with Crippen LogP contribution in [0.15, 0.2) is 0 Å². The zero-order chi connectivity index (χ0) is 15.7. The Hall–Kier alpha value is -2.12. The molecule has 0 aliphatic carbocycles. The standard InChI is InChI=1S/C12H18O8/c1-7(5-9(13)14)19-11(17)3-4-12(18)20-8(2)6-10(15)16/h7-8H,3-6H2,1-2H3,(H,13,14)(H,15,16). The van der Waals surface area contributed by atoms with E-state index in [4.69, 9.17) is 19.7 Å². The summed E-state index contributed by atoms with van der Waals surface area (Å²) in [6.45, 7) is 2.86. The number of aliphatic carboxylic acids is 2. The first-order chi connectivity index (χ1) is 9.20. The molecule has 8 heteroatoms. The van der Waals surface area contributed by atoms with Gasteiger partial charge in [0.2, 0.25) is 0 Å². The quantitative estimate of drug-likeness (QED) is 0.590. The molecule has 0 spiro atoms. The van der Waals surface area contributed by atoms with Crippen molar-refractivity contribution >= 4 is 23.9 Å². The number of carboxylic acid groups (broad SMARTS) is 2. The van der Waals surface area contributed by atoms with Gasteiger partial charge in [0.15, 0.2) is 0 Å². The number of carbonyl (C=O) groups is 4. The molecule has 8 nitrogen and oxygen atoms in total. The summed E-state index contributed by atoms with van der Waals surface area (Å²) < 4.78 is 9.52. The van der Waals surface area contributed by atoms with E-state index >= 15 is 0 Å². The summed E-state index contributed by atoms with van der Waals surface area (Å²) >= 11 is 0. The summed E-state index contributed by atoms with van der Waals surface area (Å²) in [5.74, 6) is -3.59. The fourth-order valence-corrected chi connectivity index (χ4v) is 1.35. The van der Waals surface area contributed by atoms with Crippen LogP contribution in [-0.4, -0.2) is 46.3 Å². The maximum atomic E-state index is 11.3. The molecule has 114 valence electrons. The Morgan fingerprint density at radius 3 is 1.35 bits per heavy atom. The first-order valence-electron chi connectivity index (χ1n) is 6.03. The summed E-state index contributed by atoms with van der Waals surface area (Å²) in [5.41, 5.74) is 0. The van der Waals surface area contributed by atoms with Crippen LogP contribution in [0, 0.1) is 0 Å². The Labute approximate surface area is 115 Å². The molecule has 0 radical (unpaired) electrons. The second-order valence-corrected chi connectivity index (χ2v) is 4.30. The molecular weight excluding hydrogens is 272 g/mol. The summed E-state index contributed by atoms with van der Waals surface area (Å²) in [5, 5.41) is 16.9. The molecule has 0 saturated heterocycles. The summed E-state index contributed by atoms with van der Waals surface area (Å²) in [6, 6.07) is 0. The van der Waals surface area contributed by atoms with E-state index in [1.54, 1.807) is 0 Å². The van der Waals surface area contributed by atoms with Gasteiger partial charge < -0.3 is 19.7 Å². The number of carbonyl (C=O) groups excluding carboxylic acids is 2. The van der Waals surface area contributed by atoms with Gasteiger partial charge in [-0.2, -0.15) is 0 Å². The molecule has 0 aromatic carbocycles. The number of carboxylic acids is 2. The van der Waals surface area contributed by atoms with Gasteiger partial charge in [0.05, 0.1) is 25.7 Å². The van der Waals surface area contributed by atoms with Crippen molar-refractivity contribution in [2.75, 3.05) is 0 Å². The highest BCUT2D eigenvalue weighted by Crippen LogP contribution is 2.05. The van der Waals surface area contributed by atoms with Gasteiger partial charge in [0, 0.05) is 0 Å². The van der Waals surface area contributed by atoms with Crippen molar-refractivity contribution in [3.63, 3.8) is 0 Å². The summed E-state index contributed by atoms with van der Waals surface area (Å²) in [4.78, 5) is 43.3. The SMILES string of the molecule is CC(CC(=O)O)OC(=O)CCC(=O)OC(C)CC(=O)O. The summed E-state index contributed by atoms with van der Waals surface area (Å²) in [7, 11) is 0. The van der Waals surface area contributed by atoms with Crippen molar-refractivity contribution in [1.29, 1.82) is 0 Å². The molecule has 0 rings (SSSR count). The normalized spacial score (nSPS) is 13.1. The number of rotatable bonds is 9.